The molecule has 1 atom stereocenters. The van der Waals surface area contributed by atoms with E-state index in [2.05, 4.69) is 64.7 Å². The van der Waals surface area contributed by atoms with Crippen LogP contribution in [0.4, 0.5) is 0 Å². The first-order valence-electron chi connectivity index (χ1n) is 8.43. The molecule has 0 amide bonds. The fourth-order valence-electron chi connectivity index (χ4n) is 2.21. The van der Waals surface area contributed by atoms with Crippen molar-refractivity contribution in [3.8, 4) is 0 Å². The van der Waals surface area contributed by atoms with Gasteiger partial charge in [0.05, 0.1) is 0 Å². The number of benzene rings is 3. The Hall–Kier alpha value is -1.39. The van der Waals surface area contributed by atoms with Gasteiger partial charge in [-0.15, -0.1) is 9.24 Å². The molecule has 0 fully saturated rings. The van der Waals surface area contributed by atoms with E-state index in [1.54, 1.807) is 0 Å². The van der Waals surface area contributed by atoms with Crippen molar-refractivity contribution in [2.24, 2.45) is 0 Å². The van der Waals surface area contributed by atoms with Gasteiger partial charge in [-0.1, -0.05) is 89.6 Å². The Morgan fingerprint density at radius 2 is 1.05 bits per heavy atom. The first kappa shape index (κ1) is 20.6. The molecule has 0 bridgehead atoms. The lowest BCUT2D eigenvalue weighted by atomic mass is 10.0. The van der Waals surface area contributed by atoms with Crippen molar-refractivity contribution in [2.75, 3.05) is 0 Å². The average molecular weight is 314 g/mol. The summed E-state index contributed by atoms with van der Waals surface area (Å²) in [6.45, 7) is 14.1. The third kappa shape index (κ3) is 5.11. The first-order chi connectivity index (χ1) is 10.7. The maximum Gasteiger partial charge on any atom is -0.0105 e. The first-order valence-corrected chi connectivity index (χ1v) is 9.00. The van der Waals surface area contributed by atoms with E-state index in [-0.39, 0.29) is 0 Å². The molecule has 0 heterocycles. The second kappa shape index (κ2) is 11.2. The maximum atomic E-state index is 2.75. The molecule has 0 aliphatic rings. The highest BCUT2D eigenvalue weighted by Crippen LogP contribution is 2.25. The van der Waals surface area contributed by atoms with Gasteiger partial charge in [0.2, 0.25) is 0 Å². The Bertz CT molecular complexity index is 623. The normalized spacial score (nSPS) is 8.91. The molecule has 3 aromatic carbocycles. The van der Waals surface area contributed by atoms with Crippen LogP contribution >= 0.6 is 9.24 Å². The van der Waals surface area contributed by atoms with Crippen molar-refractivity contribution in [3.63, 3.8) is 0 Å². The smallest absolute Gasteiger partial charge is 0.0105 e. The summed E-state index contributed by atoms with van der Waals surface area (Å²) in [7, 11) is 2.75. The van der Waals surface area contributed by atoms with Crippen LogP contribution < -0.4 is 5.30 Å². The van der Waals surface area contributed by atoms with Crippen LogP contribution in [-0.2, 0) is 0 Å². The Labute approximate surface area is 139 Å². The van der Waals surface area contributed by atoms with Gasteiger partial charge in [0, 0.05) is 0 Å². The fraction of sp³-hybridized carbons (Fsp3) is 0.333. The molecule has 22 heavy (non-hydrogen) atoms. The van der Waals surface area contributed by atoms with Gasteiger partial charge < -0.3 is 0 Å². The molecule has 3 rings (SSSR count). The van der Waals surface area contributed by atoms with Crippen molar-refractivity contribution in [1.82, 2.24) is 0 Å². The summed E-state index contributed by atoms with van der Waals surface area (Å²) in [6.07, 6.45) is 0. The highest BCUT2D eigenvalue weighted by molar-refractivity contribution is 7.27. The molecule has 0 aromatic heterocycles. The molecular formula is C21H31P. The van der Waals surface area contributed by atoms with E-state index in [0.717, 1.165) is 0 Å². The molecule has 0 aliphatic carbocycles. The summed E-state index contributed by atoms with van der Waals surface area (Å²) in [5.41, 5.74) is 1.31. The third-order valence-corrected chi connectivity index (χ3v) is 3.37. The van der Waals surface area contributed by atoms with E-state index in [9.17, 15) is 0 Å². The monoisotopic (exact) mass is 314 g/mol. The molecule has 0 aliphatic heterocycles. The summed E-state index contributed by atoms with van der Waals surface area (Å²) in [4.78, 5) is 0. The predicted octanol–water partition coefficient (Wildman–Crippen LogP) is 6.88. The topological polar surface area (TPSA) is 0 Å². The van der Waals surface area contributed by atoms with E-state index in [0.29, 0.717) is 0 Å². The van der Waals surface area contributed by atoms with Crippen molar-refractivity contribution in [1.29, 1.82) is 0 Å². The van der Waals surface area contributed by atoms with Gasteiger partial charge in [-0.05, 0) is 39.8 Å². The zero-order valence-electron chi connectivity index (χ0n) is 15.2. The molecule has 0 saturated heterocycles. The highest BCUT2D eigenvalue weighted by atomic mass is 31.0. The molecule has 0 spiro atoms. The fourth-order valence-corrected chi connectivity index (χ4v) is 2.49. The minimum absolute atomic E-state index is 1.24. The van der Waals surface area contributed by atoms with E-state index in [1.165, 1.54) is 32.4 Å². The molecule has 1 heteroatoms. The minimum atomic E-state index is 1.24. The SMILES string of the molecule is CC.CC.CC.Cc1ccc2c(ccc3cc(P)ccc32)c1. The van der Waals surface area contributed by atoms with Crippen LogP contribution in [0.5, 0.6) is 0 Å². The van der Waals surface area contributed by atoms with E-state index >= 15 is 0 Å². The quantitative estimate of drug-likeness (QED) is 0.313. The van der Waals surface area contributed by atoms with Gasteiger partial charge in [0.25, 0.3) is 0 Å². The van der Waals surface area contributed by atoms with Crippen molar-refractivity contribution in [2.45, 2.75) is 48.5 Å². The van der Waals surface area contributed by atoms with Crippen LogP contribution in [-0.4, -0.2) is 0 Å². The van der Waals surface area contributed by atoms with Crippen molar-refractivity contribution >= 4 is 36.1 Å². The summed E-state index contributed by atoms with van der Waals surface area (Å²) in [6, 6.07) is 17.6. The van der Waals surface area contributed by atoms with Crippen LogP contribution in [0, 0.1) is 6.92 Å². The second-order valence-electron chi connectivity index (χ2n) is 4.27. The van der Waals surface area contributed by atoms with Crippen LogP contribution in [0.2, 0.25) is 0 Å². The Morgan fingerprint density at radius 1 is 0.591 bits per heavy atom. The summed E-state index contributed by atoms with van der Waals surface area (Å²) < 4.78 is 0. The third-order valence-electron chi connectivity index (χ3n) is 3.02. The maximum absolute atomic E-state index is 2.75. The van der Waals surface area contributed by atoms with Crippen LogP contribution in [0.3, 0.4) is 0 Å². The molecule has 1 unspecified atom stereocenters. The molecular weight excluding hydrogens is 283 g/mol. The Balaban J connectivity index is 0.000000661. The average Bonchev–Trinajstić information content (AvgIpc) is 2.59. The number of aryl methyl sites for hydroxylation is 1. The van der Waals surface area contributed by atoms with Gasteiger partial charge in [-0.3, -0.25) is 0 Å². The standard InChI is InChI=1S/C15H13P.3C2H6/c1-10-2-6-14-11(8-10)3-4-12-9-13(16)5-7-15(12)14;3*1-2/h2-9H,16H2,1H3;3*1-2H3. The van der Waals surface area contributed by atoms with Crippen LogP contribution in [0.1, 0.15) is 47.1 Å². The number of hydrogen-bond donors (Lipinski definition) is 0. The minimum Gasteiger partial charge on any atom is -0.106 e. The molecule has 120 valence electrons. The summed E-state index contributed by atoms with van der Waals surface area (Å²) in [5.74, 6) is 0. The van der Waals surface area contributed by atoms with Crippen LogP contribution in [0.25, 0.3) is 21.5 Å². The molecule has 3 aromatic rings. The number of hydrogen-bond acceptors (Lipinski definition) is 0. The second-order valence-corrected chi connectivity index (χ2v) is 4.94. The highest BCUT2D eigenvalue weighted by Gasteiger charge is 2.00. The van der Waals surface area contributed by atoms with Gasteiger partial charge in [0.1, 0.15) is 0 Å². The molecule has 0 N–H and O–H groups in total. The number of fused-ring (bicyclic) bond motifs is 3. The lowest BCUT2D eigenvalue weighted by Gasteiger charge is -2.05. The zero-order valence-corrected chi connectivity index (χ0v) is 16.4. The lowest BCUT2D eigenvalue weighted by molar-refractivity contribution is 1.50. The van der Waals surface area contributed by atoms with Gasteiger partial charge in [-0.2, -0.15) is 0 Å². The Morgan fingerprint density at radius 3 is 1.59 bits per heavy atom. The van der Waals surface area contributed by atoms with Gasteiger partial charge in [-0.25, -0.2) is 0 Å². The number of rotatable bonds is 0. The van der Waals surface area contributed by atoms with E-state index < -0.39 is 0 Å². The predicted molar refractivity (Wildman–Crippen MR) is 110 cm³/mol. The largest absolute Gasteiger partial charge is 0.106 e. The molecule has 0 nitrogen and oxygen atoms in total. The van der Waals surface area contributed by atoms with E-state index in [1.807, 2.05) is 41.5 Å². The summed E-state index contributed by atoms with van der Waals surface area (Å²) in [5, 5.41) is 6.55. The van der Waals surface area contributed by atoms with Crippen molar-refractivity contribution in [3.05, 3.63) is 54.1 Å². The van der Waals surface area contributed by atoms with E-state index in [4.69, 9.17) is 0 Å². The van der Waals surface area contributed by atoms with Gasteiger partial charge in [0.15, 0.2) is 0 Å². The van der Waals surface area contributed by atoms with Crippen molar-refractivity contribution < 1.29 is 0 Å². The zero-order chi connectivity index (χ0) is 17.1. The Kier molecular flexibility index (Phi) is 10.5. The molecule has 0 saturated carbocycles. The van der Waals surface area contributed by atoms with Gasteiger partial charge >= 0.3 is 0 Å². The summed E-state index contributed by atoms with van der Waals surface area (Å²) >= 11 is 0. The lowest BCUT2D eigenvalue weighted by Crippen LogP contribution is -1.88. The molecule has 0 radical (unpaired) electrons. The van der Waals surface area contributed by atoms with Crippen LogP contribution in [0.15, 0.2) is 48.5 Å².